The van der Waals surface area contributed by atoms with E-state index in [-0.39, 0.29) is 11.6 Å². The van der Waals surface area contributed by atoms with Crippen molar-refractivity contribution in [2.45, 2.75) is 20.1 Å². The van der Waals surface area contributed by atoms with Crippen molar-refractivity contribution in [3.63, 3.8) is 0 Å². The first kappa shape index (κ1) is 21.1. The molecule has 0 spiro atoms. The Morgan fingerprint density at radius 3 is 2.06 bits per heavy atom. The zero-order valence-corrected chi connectivity index (χ0v) is 18.1. The molecule has 0 saturated heterocycles. The van der Waals surface area contributed by atoms with Crippen molar-refractivity contribution in [1.29, 1.82) is 0 Å². The maximum absolute atomic E-state index is 13.5. The molecule has 7 heteroatoms. The van der Waals surface area contributed by atoms with Gasteiger partial charge >= 0.3 is 0 Å². The minimum Gasteiger partial charge on any atom is -0.283 e. The summed E-state index contributed by atoms with van der Waals surface area (Å²) in [7, 11) is 2.00. The van der Waals surface area contributed by atoms with Crippen molar-refractivity contribution < 1.29 is 8.78 Å². The first-order valence-electron chi connectivity index (χ1n) is 9.86. The average Bonchev–Trinajstić information content (AvgIpc) is 3.07. The lowest BCUT2D eigenvalue weighted by Crippen LogP contribution is -2.22. The van der Waals surface area contributed by atoms with Gasteiger partial charge in [-0.05, 0) is 80.3 Å². The fraction of sp³-hybridized carbons (Fsp3) is 0.167. The molecule has 0 saturated carbocycles. The van der Waals surface area contributed by atoms with E-state index in [1.54, 1.807) is 33.5 Å². The molecular formula is C24H22F2N4S. The molecule has 0 aliphatic carbocycles. The van der Waals surface area contributed by atoms with Crippen LogP contribution in [0.25, 0.3) is 17.1 Å². The van der Waals surface area contributed by atoms with E-state index < -0.39 is 0 Å². The highest BCUT2D eigenvalue weighted by Gasteiger charge is 2.16. The molecule has 31 heavy (non-hydrogen) atoms. The Morgan fingerprint density at radius 2 is 1.45 bits per heavy atom. The van der Waals surface area contributed by atoms with Gasteiger partial charge in [0, 0.05) is 12.1 Å². The second-order valence-electron chi connectivity index (χ2n) is 7.57. The predicted octanol–water partition coefficient (Wildman–Crippen LogP) is 5.75. The SMILES string of the molecule is Cc1ccc(CN(C)Cn2nc(-c3ccc(F)cc3)n(-c3ccc(F)cc3)c2=S)cc1. The molecule has 0 N–H and O–H groups in total. The summed E-state index contributed by atoms with van der Waals surface area (Å²) in [5, 5.41) is 4.72. The minimum atomic E-state index is -0.330. The normalized spacial score (nSPS) is 11.3. The summed E-state index contributed by atoms with van der Waals surface area (Å²) in [5.74, 6) is -0.0860. The van der Waals surface area contributed by atoms with E-state index in [0.717, 1.165) is 12.1 Å². The van der Waals surface area contributed by atoms with Crippen LogP contribution in [0.3, 0.4) is 0 Å². The monoisotopic (exact) mass is 436 g/mol. The van der Waals surface area contributed by atoms with Crippen molar-refractivity contribution >= 4 is 12.2 Å². The molecule has 1 heterocycles. The number of halogens is 2. The molecule has 4 aromatic rings. The highest BCUT2D eigenvalue weighted by atomic mass is 32.1. The van der Waals surface area contributed by atoms with Crippen molar-refractivity contribution in [1.82, 2.24) is 19.2 Å². The maximum atomic E-state index is 13.5. The number of hydrogen-bond donors (Lipinski definition) is 0. The summed E-state index contributed by atoms with van der Waals surface area (Å²) in [4.78, 5) is 2.11. The largest absolute Gasteiger partial charge is 0.283 e. The topological polar surface area (TPSA) is 26.0 Å². The number of benzene rings is 3. The summed E-state index contributed by atoms with van der Waals surface area (Å²) in [6.07, 6.45) is 0. The van der Waals surface area contributed by atoms with Crippen molar-refractivity contribution in [3.8, 4) is 17.1 Å². The van der Waals surface area contributed by atoms with Gasteiger partial charge in [0.15, 0.2) is 5.82 Å². The van der Waals surface area contributed by atoms with Crippen LogP contribution >= 0.6 is 12.2 Å². The molecule has 0 aliphatic rings. The van der Waals surface area contributed by atoms with Crippen molar-refractivity contribution in [3.05, 3.63) is 100 Å². The van der Waals surface area contributed by atoms with Gasteiger partial charge in [0.25, 0.3) is 0 Å². The van der Waals surface area contributed by atoms with Crippen LogP contribution in [0.15, 0.2) is 72.8 Å². The molecule has 0 bridgehead atoms. The van der Waals surface area contributed by atoms with E-state index in [4.69, 9.17) is 17.3 Å². The van der Waals surface area contributed by atoms with Crippen LogP contribution < -0.4 is 0 Å². The maximum Gasteiger partial charge on any atom is 0.204 e. The molecule has 0 atom stereocenters. The van der Waals surface area contributed by atoms with Crippen molar-refractivity contribution in [2.75, 3.05) is 7.05 Å². The molecule has 0 aliphatic heterocycles. The van der Waals surface area contributed by atoms with Crippen LogP contribution in [0.1, 0.15) is 11.1 Å². The summed E-state index contributed by atoms with van der Waals surface area (Å²) >= 11 is 5.72. The van der Waals surface area contributed by atoms with E-state index in [1.807, 2.05) is 7.05 Å². The fourth-order valence-corrected chi connectivity index (χ4v) is 3.68. The van der Waals surface area contributed by atoms with Crippen molar-refractivity contribution in [2.24, 2.45) is 0 Å². The lowest BCUT2D eigenvalue weighted by molar-refractivity contribution is 0.244. The summed E-state index contributed by atoms with van der Waals surface area (Å²) in [5.41, 5.74) is 3.82. The Balaban J connectivity index is 1.70. The van der Waals surface area contributed by atoms with E-state index in [2.05, 4.69) is 36.1 Å². The second-order valence-corrected chi connectivity index (χ2v) is 7.93. The molecule has 0 unspecified atom stereocenters. The van der Waals surface area contributed by atoms with Gasteiger partial charge < -0.3 is 0 Å². The van der Waals surface area contributed by atoms with Crippen LogP contribution in [-0.4, -0.2) is 26.3 Å². The van der Waals surface area contributed by atoms with E-state index in [0.29, 0.717) is 23.0 Å². The Hall–Kier alpha value is -3.16. The third-order valence-electron chi connectivity index (χ3n) is 4.98. The third kappa shape index (κ3) is 4.78. The number of aryl methyl sites for hydroxylation is 1. The quantitative estimate of drug-likeness (QED) is 0.360. The lowest BCUT2D eigenvalue weighted by Gasteiger charge is -2.16. The first-order valence-corrected chi connectivity index (χ1v) is 10.3. The molecule has 4 nitrogen and oxygen atoms in total. The number of aromatic nitrogens is 3. The Bertz CT molecular complexity index is 1230. The Kier molecular flexibility index (Phi) is 6.06. The van der Waals surface area contributed by atoms with Gasteiger partial charge in [0.2, 0.25) is 4.77 Å². The molecule has 158 valence electrons. The van der Waals surface area contributed by atoms with E-state index >= 15 is 0 Å². The first-order chi connectivity index (χ1) is 14.9. The van der Waals surface area contributed by atoms with Gasteiger partial charge in [-0.15, -0.1) is 5.10 Å². The Morgan fingerprint density at radius 1 is 0.871 bits per heavy atom. The van der Waals surface area contributed by atoms with Gasteiger partial charge in [-0.1, -0.05) is 29.8 Å². The molecule has 0 amide bonds. The highest BCUT2D eigenvalue weighted by molar-refractivity contribution is 7.71. The molecular weight excluding hydrogens is 414 g/mol. The van der Waals surface area contributed by atoms with Gasteiger partial charge in [-0.25, -0.2) is 13.5 Å². The van der Waals surface area contributed by atoms with E-state index in [1.165, 1.54) is 35.4 Å². The van der Waals surface area contributed by atoms with Gasteiger partial charge in [-0.2, -0.15) is 0 Å². The van der Waals surface area contributed by atoms with Gasteiger partial charge in [0.05, 0.1) is 12.4 Å². The summed E-state index contributed by atoms with van der Waals surface area (Å²) in [6.45, 7) is 3.26. The third-order valence-corrected chi connectivity index (χ3v) is 5.37. The molecule has 0 fully saturated rings. The predicted molar refractivity (Wildman–Crippen MR) is 120 cm³/mol. The summed E-state index contributed by atoms with van der Waals surface area (Å²) in [6, 6.07) is 20.5. The standard InChI is InChI=1S/C24H22F2N4S/c1-17-3-5-18(6-4-17)15-28(2)16-29-24(31)30(22-13-11-21(26)12-14-22)23(27-29)19-7-9-20(25)10-8-19/h3-14H,15-16H2,1-2H3. The smallest absolute Gasteiger partial charge is 0.204 e. The number of rotatable bonds is 6. The zero-order chi connectivity index (χ0) is 22.0. The van der Waals surface area contributed by atoms with E-state index in [9.17, 15) is 8.78 Å². The molecule has 3 aromatic carbocycles. The highest BCUT2D eigenvalue weighted by Crippen LogP contribution is 2.23. The zero-order valence-electron chi connectivity index (χ0n) is 17.3. The summed E-state index contributed by atoms with van der Waals surface area (Å²) < 4.78 is 30.9. The average molecular weight is 437 g/mol. The molecule has 4 rings (SSSR count). The van der Waals surface area contributed by atoms with Gasteiger partial charge in [0.1, 0.15) is 11.6 Å². The molecule has 0 radical (unpaired) electrons. The van der Waals surface area contributed by atoms with Crippen LogP contribution in [0.5, 0.6) is 0 Å². The van der Waals surface area contributed by atoms with Crippen LogP contribution in [0.2, 0.25) is 0 Å². The minimum absolute atomic E-state index is 0.326. The number of hydrogen-bond acceptors (Lipinski definition) is 3. The lowest BCUT2D eigenvalue weighted by atomic mass is 10.1. The van der Waals surface area contributed by atoms with Crippen LogP contribution in [0, 0.1) is 23.3 Å². The fourth-order valence-electron chi connectivity index (χ4n) is 3.39. The van der Waals surface area contributed by atoms with Crippen LogP contribution in [-0.2, 0) is 13.2 Å². The Labute approximate surface area is 185 Å². The second kappa shape index (κ2) is 8.91. The van der Waals surface area contributed by atoms with Gasteiger partial charge in [-0.3, -0.25) is 9.47 Å². The molecule has 1 aromatic heterocycles. The van der Waals surface area contributed by atoms with Crippen LogP contribution in [0.4, 0.5) is 8.78 Å². The number of nitrogens with zero attached hydrogens (tertiary/aromatic N) is 4.